The van der Waals surface area contributed by atoms with Crippen molar-refractivity contribution in [3.05, 3.63) is 24.3 Å². The second kappa shape index (κ2) is 16.0. The summed E-state index contributed by atoms with van der Waals surface area (Å²) in [6.45, 7) is 25.1. The second-order valence-electron chi connectivity index (χ2n) is 14.7. The number of ketones is 1. The molecule has 5 nitrogen and oxygen atoms in total. The number of hydrogen-bond acceptors (Lipinski definition) is 5. The third-order valence-electron chi connectivity index (χ3n) is 9.39. The molecule has 0 saturated heterocycles. The van der Waals surface area contributed by atoms with Crippen LogP contribution < -0.4 is 0 Å². The highest BCUT2D eigenvalue weighted by Gasteiger charge is 2.47. The smallest absolute Gasteiger partial charge is 0.305 e. The van der Waals surface area contributed by atoms with Crippen LogP contribution in [0.25, 0.3) is 0 Å². The number of esters is 1. The van der Waals surface area contributed by atoms with Gasteiger partial charge in [-0.25, -0.2) is 0 Å². The van der Waals surface area contributed by atoms with Crippen molar-refractivity contribution in [2.24, 2.45) is 11.8 Å². The van der Waals surface area contributed by atoms with Crippen LogP contribution in [0.1, 0.15) is 106 Å². The standard InChI is InChI=1S/C33H62O5Si2/c1-13-14-17-20-26(37-39(9,10)32(2,3)4)23-24-28-27(21-18-15-16-19-22-31(35)36-8)29(34)25-30(28)38-40(11,12)33(5,6)7/h15,18,23-24,26-28,30H,13-14,16-17,19-22,25H2,1-12H3/t26?,27-,28-,30?/m1/s1. The normalized spacial score (nSPS) is 22.0. The Bertz CT molecular complexity index is 848. The molecule has 2 unspecified atom stereocenters. The zero-order valence-electron chi connectivity index (χ0n) is 28.0. The van der Waals surface area contributed by atoms with E-state index in [0.29, 0.717) is 25.0 Å². The van der Waals surface area contributed by atoms with Gasteiger partial charge in [0.15, 0.2) is 16.6 Å². The molecule has 0 bridgehead atoms. The van der Waals surface area contributed by atoms with Gasteiger partial charge in [-0.2, -0.15) is 0 Å². The fraction of sp³-hybridized carbons (Fsp3) is 0.818. The number of unbranched alkanes of at least 4 members (excludes halogenated alkanes) is 3. The Kier molecular flexibility index (Phi) is 14.8. The average Bonchev–Trinajstić information content (AvgIpc) is 3.10. The van der Waals surface area contributed by atoms with Crippen molar-refractivity contribution in [3.8, 4) is 0 Å². The maximum Gasteiger partial charge on any atom is 0.305 e. The van der Waals surface area contributed by atoms with Crippen LogP contribution in [0.4, 0.5) is 0 Å². The fourth-order valence-electron chi connectivity index (χ4n) is 4.61. The summed E-state index contributed by atoms with van der Waals surface area (Å²) in [6.07, 6.45) is 16.5. The monoisotopic (exact) mass is 594 g/mol. The summed E-state index contributed by atoms with van der Waals surface area (Å²) in [5.74, 6) is 0.0686. The van der Waals surface area contributed by atoms with Gasteiger partial charge in [0.2, 0.25) is 0 Å². The predicted octanol–water partition coefficient (Wildman–Crippen LogP) is 9.40. The minimum absolute atomic E-state index is 0.0398. The summed E-state index contributed by atoms with van der Waals surface area (Å²) in [7, 11) is -2.58. The minimum atomic E-state index is -2.05. The first kappa shape index (κ1) is 37.0. The molecule has 232 valence electrons. The van der Waals surface area contributed by atoms with Gasteiger partial charge in [0.25, 0.3) is 0 Å². The van der Waals surface area contributed by atoms with E-state index in [1.54, 1.807) is 0 Å². The molecule has 0 aliphatic heterocycles. The van der Waals surface area contributed by atoms with Gasteiger partial charge in [0.1, 0.15) is 5.78 Å². The number of methoxy groups -OCH3 is 1. The molecule has 1 rings (SSSR count). The molecule has 0 spiro atoms. The summed E-state index contributed by atoms with van der Waals surface area (Å²) in [4.78, 5) is 24.8. The van der Waals surface area contributed by atoms with Gasteiger partial charge in [0.05, 0.1) is 19.3 Å². The Morgan fingerprint density at radius 3 is 2.15 bits per heavy atom. The lowest BCUT2D eigenvalue weighted by molar-refractivity contribution is -0.140. The molecule has 0 N–H and O–H groups in total. The number of allylic oxidation sites excluding steroid dienone is 2. The van der Waals surface area contributed by atoms with Gasteiger partial charge in [-0.3, -0.25) is 9.59 Å². The Hall–Kier alpha value is -1.03. The molecular weight excluding hydrogens is 533 g/mol. The van der Waals surface area contributed by atoms with Crippen molar-refractivity contribution in [1.29, 1.82) is 0 Å². The molecule has 0 aromatic heterocycles. The van der Waals surface area contributed by atoms with E-state index in [4.69, 9.17) is 13.6 Å². The highest BCUT2D eigenvalue weighted by Crippen LogP contribution is 2.43. The zero-order valence-corrected chi connectivity index (χ0v) is 30.0. The molecule has 0 amide bonds. The molecule has 0 heterocycles. The van der Waals surface area contributed by atoms with Crippen LogP contribution in [-0.4, -0.2) is 47.7 Å². The molecule has 7 heteroatoms. The Balaban J connectivity index is 3.21. The maximum atomic E-state index is 13.4. The quantitative estimate of drug-likeness (QED) is 0.0771. The summed E-state index contributed by atoms with van der Waals surface area (Å²) in [5, 5.41) is 0.221. The Labute approximate surface area is 249 Å². The zero-order chi connectivity index (χ0) is 30.8. The predicted molar refractivity (Wildman–Crippen MR) is 174 cm³/mol. The molecule has 0 radical (unpaired) electrons. The van der Waals surface area contributed by atoms with Crippen molar-refractivity contribution in [3.63, 3.8) is 0 Å². The van der Waals surface area contributed by atoms with Crippen molar-refractivity contribution in [2.75, 3.05) is 7.11 Å². The number of ether oxygens (including phenoxy) is 1. The molecule has 1 saturated carbocycles. The number of rotatable bonds is 16. The van der Waals surface area contributed by atoms with E-state index in [-0.39, 0.29) is 40.1 Å². The van der Waals surface area contributed by atoms with Crippen molar-refractivity contribution >= 4 is 28.4 Å². The first-order valence-electron chi connectivity index (χ1n) is 15.6. The molecular formula is C33H62O5Si2. The van der Waals surface area contributed by atoms with Crippen LogP contribution in [0.3, 0.4) is 0 Å². The first-order valence-corrected chi connectivity index (χ1v) is 21.5. The van der Waals surface area contributed by atoms with Gasteiger partial charge in [0, 0.05) is 24.7 Å². The van der Waals surface area contributed by atoms with Crippen LogP contribution in [0, 0.1) is 11.8 Å². The second-order valence-corrected chi connectivity index (χ2v) is 24.3. The number of Topliss-reactive ketones (excluding diaryl/α,β-unsaturated/α-hetero) is 1. The largest absolute Gasteiger partial charge is 0.469 e. The lowest BCUT2D eigenvalue weighted by Gasteiger charge is -2.40. The van der Waals surface area contributed by atoms with E-state index in [1.807, 2.05) is 0 Å². The van der Waals surface area contributed by atoms with Gasteiger partial charge >= 0.3 is 5.97 Å². The van der Waals surface area contributed by atoms with Gasteiger partial charge < -0.3 is 13.6 Å². The van der Waals surface area contributed by atoms with Crippen molar-refractivity contribution in [1.82, 2.24) is 0 Å². The minimum Gasteiger partial charge on any atom is -0.469 e. The molecule has 1 aliphatic rings. The van der Waals surface area contributed by atoms with Gasteiger partial charge in [-0.05, 0) is 61.9 Å². The van der Waals surface area contributed by atoms with Crippen molar-refractivity contribution in [2.45, 2.75) is 155 Å². The maximum absolute atomic E-state index is 13.4. The lowest BCUT2D eigenvalue weighted by atomic mass is 9.90. The summed E-state index contributed by atoms with van der Waals surface area (Å²) >= 11 is 0. The fourth-order valence-corrected chi connectivity index (χ4v) is 7.26. The SMILES string of the molecule is CCCCCC(C=C[C@H]1C(O[Si](C)(C)C(C)(C)C)CC(=O)[C@@H]1CC=CCCCC(=O)OC)O[Si](C)(C)C(C)(C)C. The van der Waals surface area contributed by atoms with E-state index in [9.17, 15) is 9.59 Å². The Morgan fingerprint density at radius 1 is 0.975 bits per heavy atom. The molecule has 1 aliphatic carbocycles. The van der Waals surface area contributed by atoms with Gasteiger partial charge in [-0.1, -0.05) is 92.0 Å². The topological polar surface area (TPSA) is 61.8 Å². The van der Waals surface area contributed by atoms with Crippen LogP contribution in [0.2, 0.25) is 36.3 Å². The first-order chi connectivity index (χ1) is 18.4. The van der Waals surface area contributed by atoms with E-state index in [0.717, 1.165) is 25.7 Å². The summed E-state index contributed by atoms with van der Waals surface area (Å²) in [5.41, 5.74) is 0. The summed E-state index contributed by atoms with van der Waals surface area (Å²) in [6, 6.07) is 0. The van der Waals surface area contributed by atoms with E-state index in [1.165, 1.54) is 20.0 Å². The molecule has 1 fully saturated rings. The third kappa shape index (κ3) is 11.7. The highest BCUT2D eigenvalue weighted by atomic mass is 28.4. The molecule has 0 aromatic rings. The van der Waals surface area contributed by atoms with Crippen LogP contribution in [0.5, 0.6) is 0 Å². The van der Waals surface area contributed by atoms with Crippen molar-refractivity contribution < 1.29 is 23.2 Å². The third-order valence-corrected chi connectivity index (χ3v) is 18.4. The highest BCUT2D eigenvalue weighted by molar-refractivity contribution is 6.74. The molecule has 40 heavy (non-hydrogen) atoms. The molecule has 0 aromatic carbocycles. The average molecular weight is 595 g/mol. The van der Waals surface area contributed by atoms with Crippen LogP contribution >= 0.6 is 0 Å². The van der Waals surface area contributed by atoms with Gasteiger partial charge in [-0.15, -0.1) is 0 Å². The lowest BCUT2D eigenvalue weighted by Crippen LogP contribution is -2.45. The number of carbonyl (C=O) groups is 2. The van der Waals surface area contributed by atoms with E-state index in [2.05, 4.69) is 99.0 Å². The van der Waals surface area contributed by atoms with E-state index < -0.39 is 16.6 Å². The summed E-state index contributed by atoms with van der Waals surface area (Å²) < 4.78 is 18.5. The van der Waals surface area contributed by atoms with E-state index >= 15 is 0 Å². The number of carbonyl (C=O) groups excluding carboxylic acids is 2. The van der Waals surface area contributed by atoms with Crippen LogP contribution in [-0.2, 0) is 23.2 Å². The van der Waals surface area contributed by atoms with Crippen LogP contribution in [0.15, 0.2) is 24.3 Å². The molecule has 4 atom stereocenters. The Morgan fingerprint density at radius 2 is 1.60 bits per heavy atom. The number of hydrogen-bond donors (Lipinski definition) is 0.